The van der Waals surface area contributed by atoms with Gasteiger partial charge in [0.1, 0.15) is 17.0 Å². The number of thioether (sulfide) groups is 1. The summed E-state index contributed by atoms with van der Waals surface area (Å²) in [6.07, 6.45) is 0. The van der Waals surface area contributed by atoms with Crippen LogP contribution in [0.15, 0.2) is 72.8 Å². The first-order valence-corrected chi connectivity index (χ1v) is 9.71. The van der Waals surface area contributed by atoms with Crippen LogP contribution < -0.4 is 0 Å². The van der Waals surface area contributed by atoms with Crippen molar-refractivity contribution in [2.45, 2.75) is 5.37 Å². The Morgan fingerprint density at radius 3 is 2.33 bits per heavy atom. The van der Waals surface area contributed by atoms with Crippen molar-refractivity contribution in [2.24, 2.45) is 0 Å². The molecule has 136 valence electrons. The number of halogens is 2. The van der Waals surface area contributed by atoms with E-state index in [2.05, 4.69) is 0 Å². The lowest BCUT2D eigenvalue weighted by molar-refractivity contribution is 0.0759. The second kappa shape index (κ2) is 7.53. The van der Waals surface area contributed by atoms with Crippen LogP contribution in [0, 0.1) is 11.6 Å². The highest BCUT2D eigenvalue weighted by atomic mass is 32.2. The highest BCUT2D eigenvalue weighted by Gasteiger charge is 2.33. The highest BCUT2D eigenvalue weighted by molar-refractivity contribution is 7.99. The Hall–Kier alpha value is -2.66. The fourth-order valence-electron chi connectivity index (χ4n) is 3.24. The fourth-order valence-corrected chi connectivity index (χ4v) is 4.52. The van der Waals surface area contributed by atoms with Crippen molar-refractivity contribution in [1.29, 1.82) is 0 Å². The van der Waals surface area contributed by atoms with Gasteiger partial charge in [0.05, 0.1) is 0 Å². The molecular weight excluding hydrogens is 364 g/mol. The van der Waals surface area contributed by atoms with E-state index in [1.807, 2.05) is 42.5 Å². The molecule has 27 heavy (non-hydrogen) atoms. The summed E-state index contributed by atoms with van der Waals surface area (Å²) in [7, 11) is 0. The first kappa shape index (κ1) is 17.7. The summed E-state index contributed by atoms with van der Waals surface area (Å²) >= 11 is 1.49. The molecule has 0 bridgehead atoms. The number of hydrogen-bond acceptors (Lipinski definition) is 2. The molecule has 0 N–H and O–H groups in total. The van der Waals surface area contributed by atoms with Gasteiger partial charge >= 0.3 is 0 Å². The lowest BCUT2D eigenvalue weighted by atomic mass is 10.0. The van der Waals surface area contributed by atoms with Crippen molar-refractivity contribution in [3.05, 3.63) is 95.6 Å². The summed E-state index contributed by atoms with van der Waals surface area (Å²) in [4.78, 5) is 14.6. The van der Waals surface area contributed by atoms with Crippen LogP contribution in [0.5, 0.6) is 0 Å². The van der Waals surface area contributed by atoms with Gasteiger partial charge in [-0.25, -0.2) is 8.78 Å². The Bertz CT molecular complexity index is 960. The molecule has 1 heterocycles. The maximum absolute atomic E-state index is 14.2. The van der Waals surface area contributed by atoms with Crippen molar-refractivity contribution in [1.82, 2.24) is 4.90 Å². The summed E-state index contributed by atoms with van der Waals surface area (Å²) in [5.41, 5.74) is 3.02. The highest BCUT2D eigenvalue weighted by Crippen LogP contribution is 2.40. The molecule has 4 rings (SSSR count). The van der Waals surface area contributed by atoms with E-state index < -0.39 is 17.0 Å². The third kappa shape index (κ3) is 3.60. The molecule has 3 aromatic carbocycles. The van der Waals surface area contributed by atoms with E-state index in [-0.39, 0.29) is 5.91 Å². The van der Waals surface area contributed by atoms with E-state index >= 15 is 0 Å². The lowest BCUT2D eigenvalue weighted by Gasteiger charge is -2.24. The average molecular weight is 381 g/mol. The smallest absolute Gasteiger partial charge is 0.255 e. The summed E-state index contributed by atoms with van der Waals surface area (Å²) in [5, 5.41) is -0.438. The van der Waals surface area contributed by atoms with Gasteiger partial charge in [0.15, 0.2) is 0 Å². The topological polar surface area (TPSA) is 20.3 Å². The van der Waals surface area contributed by atoms with Crippen molar-refractivity contribution in [3.8, 4) is 11.1 Å². The lowest BCUT2D eigenvalue weighted by Crippen LogP contribution is -2.30. The molecule has 0 saturated carbocycles. The van der Waals surface area contributed by atoms with Crippen molar-refractivity contribution < 1.29 is 13.6 Å². The Morgan fingerprint density at radius 2 is 1.63 bits per heavy atom. The molecule has 0 aliphatic carbocycles. The molecule has 5 heteroatoms. The first-order chi connectivity index (χ1) is 13.1. The number of benzene rings is 3. The largest absolute Gasteiger partial charge is 0.322 e. The minimum absolute atomic E-state index is 0.145. The zero-order valence-electron chi connectivity index (χ0n) is 14.4. The standard InChI is InChI=1S/C22H17F2NOS/c23-18-10-11-19(20(24)14-18)22-25(12-13-27-22)21(26)17-8-6-16(7-9-17)15-4-2-1-3-5-15/h1-11,14,22H,12-13H2. The molecule has 1 fully saturated rings. The monoisotopic (exact) mass is 381 g/mol. The molecule has 0 radical (unpaired) electrons. The quantitative estimate of drug-likeness (QED) is 0.595. The first-order valence-electron chi connectivity index (χ1n) is 8.66. The number of rotatable bonds is 3. The molecule has 1 unspecified atom stereocenters. The van der Waals surface area contributed by atoms with E-state index in [9.17, 15) is 13.6 Å². The predicted octanol–water partition coefficient (Wildman–Crippen LogP) is 5.52. The maximum atomic E-state index is 14.2. The van der Waals surface area contributed by atoms with Gasteiger partial charge in [-0.15, -0.1) is 11.8 Å². The van der Waals surface area contributed by atoms with Crippen molar-refractivity contribution in [2.75, 3.05) is 12.3 Å². The van der Waals surface area contributed by atoms with E-state index in [0.717, 1.165) is 22.9 Å². The summed E-state index contributed by atoms with van der Waals surface area (Å²) in [6, 6.07) is 20.9. The van der Waals surface area contributed by atoms with Gasteiger partial charge in [-0.2, -0.15) is 0 Å². The van der Waals surface area contributed by atoms with E-state index in [0.29, 0.717) is 17.7 Å². The molecule has 1 atom stereocenters. The van der Waals surface area contributed by atoms with Crippen LogP contribution in [-0.2, 0) is 0 Å². The van der Waals surface area contributed by atoms with Gasteiger partial charge in [-0.1, -0.05) is 48.5 Å². The fraction of sp³-hybridized carbons (Fsp3) is 0.136. The molecule has 2 nitrogen and oxygen atoms in total. The Morgan fingerprint density at radius 1 is 0.926 bits per heavy atom. The van der Waals surface area contributed by atoms with Crippen LogP contribution in [0.1, 0.15) is 21.3 Å². The van der Waals surface area contributed by atoms with Crippen LogP contribution in [0.3, 0.4) is 0 Å². The van der Waals surface area contributed by atoms with Crippen LogP contribution in [0.25, 0.3) is 11.1 Å². The van der Waals surface area contributed by atoms with Gasteiger partial charge in [0.25, 0.3) is 5.91 Å². The zero-order chi connectivity index (χ0) is 18.8. The number of carbonyl (C=O) groups is 1. The van der Waals surface area contributed by atoms with Gasteiger partial charge in [-0.05, 0) is 29.3 Å². The Kier molecular flexibility index (Phi) is 4.94. The molecule has 0 aromatic heterocycles. The minimum Gasteiger partial charge on any atom is -0.322 e. The molecule has 1 aliphatic rings. The second-order valence-electron chi connectivity index (χ2n) is 6.33. The van der Waals surface area contributed by atoms with Crippen LogP contribution in [-0.4, -0.2) is 23.1 Å². The third-order valence-electron chi connectivity index (χ3n) is 4.62. The number of nitrogens with zero attached hydrogens (tertiary/aromatic N) is 1. The van der Waals surface area contributed by atoms with Gasteiger partial charge in [-0.3, -0.25) is 4.79 Å². The summed E-state index contributed by atoms with van der Waals surface area (Å²) < 4.78 is 27.4. The van der Waals surface area contributed by atoms with E-state index in [4.69, 9.17) is 0 Å². The van der Waals surface area contributed by atoms with Crippen LogP contribution >= 0.6 is 11.8 Å². The number of amides is 1. The number of hydrogen-bond donors (Lipinski definition) is 0. The molecule has 0 spiro atoms. The molecule has 1 saturated heterocycles. The van der Waals surface area contributed by atoms with Crippen LogP contribution in [0.2, 0.25) is 0 Å². The van der Waals surface area contributed by atoms with Crippen molar-refractivity contribution >= 4 is 17.7 Å². The normalized spacial score (nSPS) is 16.5. The van der Waals surface area contributed by atoms with Crippen LogP contribution in [0.4, 0.5) is 8.78 Å². The molecular formula is C22H17F2NOS. The second-order valence-corrected chi connectivity index (χ2v) is 7.52. The summed E-state index contributed by atoms with van der Waals surface area (Å²) in [6.45, 7) is 0.533. The van der Waals surface area contributed by atoms with Crippen molar-refractivity contribution in [3.63, 3.8) is 0 Å². The average Bonchev–Trinajstić information content (AvgIpc) is 3.18. The Labute approximate surface area is 160 Å². The van der Waals surface area contributed by atoms with Gasteiger partial charge in [0, 0.05) is 29.5 Å². The molecule has 1 aliphatic heterocycles. The minimum atomic E-state index is -0.619. The summed E-state index contributed by atoms with van der Waals surface area (Å²) in [5.74, 6) is -0.663. The molecule has 3 aromatic rings. The van der Waals surface area contributed by atoms with Gasteiger partial charge in [0.2, 0.25) is 0 Å². The van der Waals surface area contributed by atoms with E-state index in [1.54, 1.807) is 17.0 Å². The SMILES string of the molecule is O=C(c1ccc(-c2ccccc2)cc1)N1CCSC1c1ccc(F)cc1F. The van der Waals surface area contributed by atoms with Gasteiger partial charge < -0.3 is 4.90 Å². The zero-order valence-corrected chi connectivity index (χ0v) is 15.3. The number of carbonyl (C=O) groups excluding carboxylic acids is 1. The Balaban J connectivity index is 1.58. The van der Waals surface area contributed by atoms with E-state index in [1.165, 1.54) is 23.9 Å². The maximum Gasteiger partial charge on any atom is 0.255 e. The predicted molar refractivity (Wildman–Crippen MR) is 104 cm³/mol. The third-order valence-corrected chi connectivity index (χ3v) is 5.86. The molecule has 1 amide bonds.